The maximum Gasteiger partial charge on any atom is 0.303 e. The molecule has 0 amide bonds. The number of carbonyl (C=O) groups is 1. The van der Waals surface area contributed by atoms with E-state index in [-0.39, 0.29) is 0 Å². The number of rotatable bonds is 8. The second-order valence-corrected chi connectivity index (χ2v) is 3.86. The van der Waals surface area contributed by atoms with Gasteiger partial charge in [-0.3, -0.25) is 4.79 Å². The maximum atomic E-state index is 10.2. The third kappa shape index (κ3) is 9.38. The second kappa shape index (κ2) is 8.09. The lowest BCUT2D eigenvalue weighted by molar-refractivity contribution is -0.137. The molecule has 0 aromatic carbocycles. The third-order valence-electron chi connectivity index (χ3n) is 2.53. The second-order valence-electron chi connectivity index (χ2n) is 3.86. The minimum Gasteiger partial charge on any atom is -0.481 e. The van der Waals surface area contributed by atoms with Gasteiger partial charge in [0.2, 0.25) is 0 Å². The van der Waals surface area contributed by atoms with E-state index in [9.17, 15) is 4.79 Å². The Hall–Kier alpha value is -0.530. The summed E-state index contributed by atoms with van der Waals surface area (Å²) in [5.41, 5.74) is 0. The van der Waals surface area contributed by atoms with E-state index in [0.717, 1.165) is 18.8 Å². The molecule has 0 unspecified atom stereocenters. The molecule has 0 aliphatic rings. The minimum atomic E-state index is -0.665. The molecule has 0 aliphatic heterocycles. The van der Waals surface area contributed by atoms with E-state index in [1.54, 1.807) is 0 Å². The Morgan fingerprint density at radius 1 is 1.23 bits per heavy atom. The van der Waals surface area contributed by atoms with Gasteiger partial charge in [-0.25, -0.2) is 0 Å². The molecule has 0 heterocycles. The van der Waals surface area contributed by atoms with Crippen LogP contribution in [0.2, 0.25) is 0 Å². The highest BCUT2D eigenvalue weighted by Crippen LogP contribution is 2.13. The van der Waals surface area contributed by atoms with Crippen molar-refractivity contribution in [2.24, 2.45) is 5.92 Å². The van der Waals surface area contributed by atoms with Crippen LogP contribution in [0.4, 0.5) is 0 Å². The highest BCUT2D eigenvalue weighted by Gasteiger charge is 1.99. The number of unbranched alkanes of at least 4 members (excludes halogenated alkanes) is 3. The molecular weight excluding hydrogens is 164 g/mol. The topological polar surface area (TPSA) is 37.3 Å². The molecule has 0 aliphatic carbocycles. The Bertz CT molecular complexity index is 132. The van der Waals surface area contributed by atoms with E-state index < -0.39 is 5.97 Å². The van der Waals surface area contributed by atoms with Crippen LogP contribution < -0.4 is 0 Å². The lowest BCUT2D eigenvalue weighted by Gasteiger charge is -2.06. The van der Waals surface area contributed by atoms with Crippen LogP contribution in [0.25, 0.3) is 0 Å². The Morgan fingerprint density at radius 2 is 1.85 bits per heavy atom. The molecule has 13 heavy (non-hydrogen) atoms. The fourth-order valence-electron chi connectivity index (χ4n) is 1.33. The van der Waals surface area contributed by atoms with E-state index in [0.29, 0.717) is 6.42 Å². The van der Waals surface area contributed by atoms with Gasteiger partial charge in [0.05, 0.1) is 0 Å². The molecule has 0 radical (unpaired) electrons. The Labute approximate surface area is 81.3 Å². The first kappa shape index (κ1) is 12.5. The van der Waals surface area contributed by atoms with Crippen LogP contribution in [0, 0.1) is 5.92 Å². The average molecular weight is 186 g/mol. The van der Waals surface area contributed by atoms with Crippen molar-refractivity contribution in [2.75, 3.05) is 0 Å². The Morgan fingerprint density at radius 3 is 2.38 bits per heavy atom. The summed E-state index contributed by atoms with van der Waals surface area (Å²) in [5, 5.41) is 8.40. The van der Waals surface area contributed by atoms with Crippen molar-refractivity contribution in [3.63, 3.8) is 0 Å². The zero-order valence-corrected chi connectivity index (χ0v) is 8.88. The lowest BCUT2D eigenvalue weighted by atomic mass is 10.0. The van der Waals surface area contributed by atoms with Crippen molar-refractivity contribution >= 4 is 5.97 Å². The summed E-state index contributed by atoms with van der Waals surface area (Å²) in [5.74, 6) is 0.168. The molecule has 1 atom stereocenters. The number of carboxylic acid groups (broad SMARTS) is 1. The summed E-state index contributed by atoms with van der Waals surface area (Å²) in [6.45, 7) is 4.49. The molecule has 1 N–H and O–H groups in total. The molecular formula is C11H22O2. The van der Waals surface area contributed by atoms with Gasteiger partial charge in [0.15, 0.2) is 0 Å². The van der Waals surface area contributed by atoms with Crippen LogP contribution in [0.5, 0.6) is 0 Å². The minimum absolute atomic E-state index is 0.337. The van der Waals surface area contributed by atoms with Crippen molar-refractivity contribution in [3.05, 3.63) is 0 Å². The van der Waals surface area contributed by atoms with Crippen LogP contribution in [0.3, 0.4) is 0 Å². The third-order valence-corrected chi connectivity index (χ3v) is 2.53. The highest BCUT2D eigenvalue weighted by molar-refractivity contribution is 5.66. The SMILES string of the molecule is CC[C@@H](C)CCCCCCC(=O)O. The Balaban J connectivity index is 3.04. The van der Waals surface area contributed by atoms with Gasteiger partial charge in [-0.05, 0) is 12.3 Å². The van der Waals surface area contributed by atoms with Gasteiger partial charge in [0.1, 0.15) is 0 Å². The van der Waals surface area contributed by atoms with Crippen molar-refractivity contribution in [2.45, 2.75) is 58.8 Å². The van der Waals surface area contributed by atoms with Gasteiger partial charge >= 0.3 is 5.97 Å². The largest absolute Gasteiger partial charge is 0.481 e. The quantitative estimate of drug-likeness (QED) is 0.589. The van der Waals surface area contributed by atoms with Crippen LogP contribution in [0.1, 0.15) is 58.8 Å². The van der Waals surface area contributed by atoms with Crippen molar-refractivity contribution in [1.29, 1.82) is 0 Å². The summed E-state index contributed by atoms with van der Waals surface area (Å²) in [6, 6.07) is 0. The van der Waals surface area contributed by atoms with Gasteiger partial charge in [-0.1, -0.05) is 46.0 Å². The molecule has 0 rings (SSSR count). The van der Waals surface area contributed by atoms with Crippen LogP contribution in [0.15, 0.2) is 0 Å². The summed E-state index contributed by atoms with van der Waals surface area (Å²) >= 11 is 0. The zero-order valence-electron chi connectivity index (χ0n) is 8.88. The van der Waals surface area contributed by atoms with E-state index in [4.69, 9.17) is 5.11 Å². The molecule has 78 valence electrons. The standard InChI is InChI=1S/C11H22O2/c1-3-10(2)8-6-4-5-7-9-11(12)13/h10H,3-9H2,1-2H3,(H,12,13)/t10-/m1/s1. The highest BCUT2D eigenvalue weighted by atomic mass is 16.4. The van der Waals surface area contributed by atoms with E-state index >= 15 is 0 Å². The molecule has 2 nitrogen and oxygen atoms in total. The number of hydrogen-bond donors (Lipinski definition) is 1. The van der Waals surface area contributed by atoms with Crippen molar-refractivity contribution in [1.82, 2.24) is 0 Å². The average Bonchev–Trinajstić information content (AvgIpc) is 2.10. The monoisotopic (exact) mass is 186 g/mol. The van der Waals surface area contributed by atoms with E-state index in [1.807, 2.05) is 0 Å². The van der Waals surface area contributed by atoms with Crippen molar-refractivity contribution in [3.8, 4) is 0 Å². The zero-order chi connectivity index (χ0) is 10.1. The van der Waals surface area contributed by atoms with Gasteiger partial charge in [0.25, 0.3) is 0 Å². The molecule has 2 heteroatoms. The van der Waals surface area contributed by atoms with Gasteiger partial charge in [0, 0.05) is 6.42 Å². The number of hydrogen-bond acceptors (Lipinski definition) is 1. The molecule has 0 aromatic heterocycles. The van der Waals surface area contributed by atoms with Crippen LogP contribution in [-0.4, -0.2) is 11.1 Å². The first-order valence-electron chi connectivity index (χ1n) is 5.38. The van der Waals surface area contributed by atoms with Crippen LogP contribution in [-0.2, 0) is 4.79 Å². The van der Waals surface area contributed by atoms with E-state index in [1.165, 1.54) is 25.7 Å². The van der Waals surface area contributed by atoms with Gasteiger partial charge < -0.3 is 5.11 Å². The molecule has 0 fully saturated rings. The number of aliphatic carboxylic acids is 1. The molecule has 0 saturated carbocycles. The normalized spacial score (nSPS) is 12.8. The summed E-state index contributed by atoms with van der Waals surface area (Å²) < 4.78 is 0. The van der Waals surface area contributed by atoms with Crippen LogP contribution >= 0.6 is 0 Å². The molecule has 0 saturated heterocycles. The fraction of sp³-hybridized carbons (Fsp3) is 0.909. The number of carboxylic acids is 1. The molecule has 0 aromatic rings. The summed E-state index contributed by atoms with van der Waals surface area (Å²) in [7, 11) is 0. The maximum absolute atomic E-state index is 10.2. The molecule has 0 bridgehead atoms. The van der Waals surface area contributed by atoms with Gasteiger partial charge in [-0.15, -0.1) is 0 Å². The lowest BCUT2D eigenvalue weighted by Crippen LogP contribution is -1.94. The predicted molar refractivity (Wildman–Crippen MR) is 54.8 cm³/mol. The van der Waals surface area contributed by atoms with Gasteiger partial charge in [-0.2, -0.15) is 0 Å². The predicted octanol–water partition coefficient (Wildman–Crippen LogP) is 3.46. The Kier molecular flexibility index (Phi) is 7.76. The summed E-state index contributed by atoms with van der Waals surface area (Å²) in [6.07, 6.45) is 7.26. The first-order valence-corrected chi connectivity index (χ1v) is 5.38. The smallest absolute Gasteiger partial charge is 0.303 e. The van der Waals surface area contributed by atoms with E-state index in [2.05, 4.69) is 13.8 Å². The molecule has 0 spiro atoms. The fourth-order valence-corrected chi connectivity index (χ4v) is 1.33. The summed E-state index contributed by atoms with van der Waals surface area (Å²) in [4.78, 5) is 10.2. The first-order chi connectivity index (χ1) is 6.16. The van der Waals surface area contributed by atoms with Crippen molar-refractivity contribution < 1.29 is 9.90 Å².